The lowest BCUT2D eigenvalue weighted by Gasteiger charge is -2.30. The molecule has 1 aliphatic heterocycles. The summed E-state index contributed by atoms with van der Waals surface area (Å²) in [5.74, 6) is 0.732. The number of aryl methyl sites for hydroxylation is 1. The van der Waals surface area contributed by atoms with E-state index in [-0.39, 0.29) is 9.92 Å². The minimum absolute atomic E-state index is 0.0128. The number of oxazole rings is 1. The van der Waals surface area contributed by atoms with Gasteiger partial charge in [-0.05, 0) is 43.0 Å². The summed E-state index contributed by atoms with van der Waals surface area (Å²) < 4.78 is 44.3. The molecule has 5 nitrogen and oxygen atoms in total. The molecule has 0 bridgehead atoms. The van der Waals surface area contributed by atoms with E-state index >= 15 is 0 Å². The number of nitrogens with zero attached hydrogens (tertiary/aromatic N) is 2. The summed E-state index contributed by atoms with van der Waals surface area (Å²) in [7, 11) is -3.84. The van der Waals surface area contributed by atoms with Gasteiger partial charge in [0.05, 0.1) is 4.90 Å². The summed E-state index contributed by atoms with van der Waals surface area (Å²) in [5, 5.41) is -0.0869. The van der Waals surface area contributed by atoms with E-state index in [0.29, 0.717) is 17.7 Å². The Morgan fingerprint density at radius 1 is 1.22 bits per heavy atom. The van der Waals surface area contributed by atoms with Crippen molar-refractivity contribution in [3.63, 3.8) is 0 Å². The molecule has 0 radical (unpaired) electrons. The lowest BCUT2D eigenvalue weighted by Crippen LogP contribution is -2.33. The van der Waals surface area contributed by atoms with E-state index < -0.39 is 15.7 Å². The van der Waals surface area contributed by atoms with Crippen LogP contribution in [0.2, 0.25) is 0 Å². The second-order valence-electron chi connectivity index (χ2n) is 5.97. The summed E-state index contributed by atoms with van der Waals surface area (Å²) in [5.41, 5.74) is 0. The van der Waals surface area contributed by atoms with Crippen molar-refractivity contribution in [3.8, 4) is 0 Å². The van der Waals surface area contributed by atoms with Crippen LogP contribution in [0.15, 0.2) is 38.6 Å². The Labute approximate surface area is 135 Å². The van der Waals surface area contributed by atoms with Crippen molar-refractivity contribution in [2.75, 3.05) is 18.0 Å². The van der Waals surface area contributed by atoms with E-state index in [9.17, 15) is 12.8 Å². The monoisotopic (exact) mass is 338 g/mol. The Morgan fingerprint density at radius 2 is 1.83 bits per heavy atom. The van der Waals surface area contributed by atoms with Gasteiger partial charge in [0, 0.05) is 20.0 Å². The molecule has 2 aromatic rings. The fourth-order valence-corrected chi connectivity index (χ4v) is 4.08. The van der Waals surface area contributed by atoms with Gasteiger partial charge < -0.3 is 9.32 Å². The second-order valence-corrected chi connectivity index (χ2v) is 7.84. The molecule has 1 aliphatic rings. The van der Waals surface area contributed by atoms with E-state index in [4.69, 9.17) is 4.42 Å². The van der Waals surface area contributed by atoms with Gasteiger partial charge in [-0.1, -0.05) is 6.92 Å². The minimum atomic E-state index is -3.84. The topological polar surface area (TPSA) is 63.4 Å². The van der Waals surface area contributed by atoms with Gasteiger partial charge in [-0.3, -0.25) is 0 Å². The highest BCUT2D eigenvalue weighted by Gasteiger charge is 2.31. The van der Waals surface area contributed by atoms with Crippen LogP contribution in [0.4, 0.5) is 10.3 Å². The normalized spacial score (nSPS) is 16.7. The van der Waals surface area contributed by atoms with Crippen LogP contribution >= 0.6 is 0 Å². The van der Waals surface area contributed by atoms with Gasteiger partial charge in [0.1, 0.15) is 5.82 Å². The van der Waals surface area contributed by atoms with E-state index in [1.165, 1.54) is 12.1 Å². The average Bonchev–Trinajstić information content (AvgIpc) is 2.91. The van der Waals surface area contributed by atoms with Crippen LogP contribution in [0.3, 0.4) is 0 Å². The smallest absolute Gasteiger partial charge is 0.236 e. The van der Waals surface area contributed by atoms with Gasteiger partial charge in [0.2, 0.25) is 20.7 Å². The summed E-state index contributed by atoms with van der Waals surface area (Å²) >= 11 is 0. The van der Waals surface area contributed by atoms with Crippen molar-refractivity contribution in [3.05, 3.63) is 36.0 Å². The molecule has 2 heterocycles. The molecule has 0 amide bonds. The summed E-state index contributed by atoms with van der Waals surface area (Å²) in [6, 6.07) is 4.75. The zero-order valence-corrected chi connectivity index (χ0v) is 13.9. The van der Waals surface area contributed by atoms with E-state index in [1.807, 2.05) is 4.90 Å². The molecule has 1 fully saturated rings. The largest absolute Gasteiger partial charge is 0.424 e. The van der Waals surface area contributed by atoms with Crippen molar-refractivity contribution in [1.82, 2.24) is 4.98 Å². The molecule has 0 N–H and O–H groups in total. The van der Waals surface area contributed by atoms with E-state index in [1.54, 1.807) is 6.92 Å². The molecule has 3 rings (SSSR count). The fourth-order valence-electron chi connectivity index (χ4n) is 2.71. The van der Waals surface area contributed by atoms with Crippen molar-refractivity contribution >= 4 is 15.7 Å². The molecule has 0 spiro atoms. The molecule has 1 aromatic heterocycles. The highest BCUT2D eigenvalue weighted by Crippen LogP contribution is 2.33. The minimum Gasteiger partial charge on any atom is -0.424 e. The van der Waals surface area contributed by atoms with Crippen molar-refractivity contribution in [2.24, 2.45) is 5.92 Å². The van der Waals surface area contributed by atoms with Crippen LogP contribution in [0, 0.1) is 18.7 Å². The van der Waals surface area contributed by atoms with E-state index in [0.717, 1.165) is 38.1 Å². The molecule has 23 heavy (non-hydrogen) atoms. The third kappa shape index (κ3) is 3.10. The number of rotatable bonds is 3. The van der Waals surface area contributed by atoms with Crippen molar-refractivity contribution in [1.29, 1.82) is 0 Å². The van der Waals surface area contributed by atoms with Crippen LogP contribution in [0.1, 0.15) is 25.7 Å². The molecule has 0 atom stereocenters. The number of aromatic nitrogens is 1. The Morgan fingerprint density at radius 3 is 2.43 bits per heavy atom. The second kappa shape index (κ2) is 5.96. The maximum absolute atomic E-state index is 13.1. The van der Waals surface area contributed by atoms with Crippen LogP contribution in [0.25, 0.3) is 0 Å². The SMILES string of the molecule is Cc1nc(S(=O)(=O)c2ccc(F)cc2)c(N2CCC(C)CC2)o1. The molecular weight excluding hydrogens is 319 g/mol. The van der Waals surface area contributed by atoms with Crippen molar-refractivity contribution < 1.29 is 17.2 Å². The Hall–Kier alpha value is -1.89. The van der Waals surface area contributed by atoms with Crippen LogP contribution in [-0.2, 0) is 9.84 Å². The average molecular weight is 338 g/mol. The number of anilines is 1. The fraction of sp³-hybridized carbons (Fsp3) is 0.438. The predicted octanol–water partition coefficient (Wildman–Crippen LogP) is 3.19. The molecule has 0 aliphatic carbocycles. The molecule has 1 aromatic carbocycles. The molecule has 0 unspecified atom stereocenters. The first-order valence-electron chi connectivity index (χ1n) is 7.61. The number of hydrogen-bond acceptors (Lipinski definition) is 5. The summed E-state index contributed by atoms with van der Waals surface area (Å²) in [4.78, 5) is 6.03. The zero-order valence-electron chi connectivity index (χ0n) is 13.1. The number of benzene rings is 1. The quantitative estimate of drug-likeness (QED) is 0.804. The Kier molecular flexibility index (Phi) is 4.14. The third-order valence-electron chi connectivity index (χ3n) is 4.14. The van der Waals surface area contributed by atoms with E-state index in [2.05, 4.69) is 11.9 Å². The highest BCUT2D eigenvalue weighted by atomic mass is 32.2. The standard InChI is InChI=1S/C16H19FN2O3S/c1-11-7-9-19(10-8-11)16-15(18-12(2)22-16)23(20,21)14-5-3-13(17)4-6-14/h3-6,11H,7-10H2,1-2H3. The Balaban J connectivity index is 2.01. The van der Waals surface area contributed by atoms with Crippen molar-refractivity contribution in [2.45, 2.75) is 36.6 Å². The van der Waals surface area contributed by atoms with Gasteiger partial charge in [-0.2, -0.15) is 4.98 Å². The summed E-state index contributed by atoms with van der Waals surface area (Å²) in [6.07, 6.45) is 1.96. The Bertz CT molecular complexity index is 791. The molecule has 7 heteroatoms. The number of piperidine rings is 1. The molecule has 1 saturated heterocycles. The number of sulfone groups is 1. The predicted molar refractivity (Wildman–Crippen MR) is 83.7 cm³/mol. The number of halogens is 1. The number of hydrogen-bond donors (Lipinski definition) is 0. The lowest BCUT2D eigenvalue weighted by atomic mass is 9.99. The summed E-state index contributed by atoms with van der Waals surface area (Å²) in [6.45, 7) is 5.28. The molecule has 124 valence electrons. The first-order valence-corrected chi connectivity index (χ1v) is 9.09. The maximum Gasteiger partial charge on any atom is 0.236 e. The van der Waals surface area contributed by atoms with Gasteiger partial charge >= 0.3 is 0 Å². The zero-order chi connectivity index (χ0) is 16.6. The first kappa shape index (κ1) is 16.0. The van der Waals surface area contributed by atoms with Crippen LogP contribution in [0.5, 0.6) is 0 Å². The third-order valence-corrected chi connectivity index (χ3v) is 5.80. The van der Waals surface area contributed by atoms with Gasteiger partial charge in [0.15, 0.2) is 5.89 Å². The highest BCUT2D eigenvalue weighted by molar-refractivity contribution is 7.91. The maximum atomic E-state index is 13.1. The van der Waals surface area contributed by atoms with Crippen LogP contribution in [-0.4, -0.2) is 26.5 Å². The lowest BCUT2D eigenvalue weighted by molar-refractivity contribution is 0.410. The first-order chi connectivity index (χ1) is 10.9. The van der Waals surface area contributed by atoms with Gasteiger partial charge in [-0.25, -0.2) is 12.8 Å². The van der Waals surface area contributed by atoms with Crippen LogP contribution < -0.4 is 4.90 Å². The van der Waals surface area contributed by atoms with Gasteiger partial charge in [0.25, 0.3) is 0 Å². The molecular formula is C16H19FN2O3S. The van der Waals surface area contributed by atoms with Gasteiger partial charge in [-0.15, -0.1) is 0 Å². The molecule has 0 saturated carbocycles.